The summed E-state index contributed by atoms with van der Waals surface area (Å²) in [5.41, 5.74) is 8.19. The molecule has 0 N–H and O–H groups in total. The van der Waals surface area contributed by atoms with Crippen LogP contribution in [0.4, 0.5) is 17.1 Å². The number of furan rings is 1. The van der Waals surface area contributed by atoms with Crippen LogP contribution in [0.2, 0.25) is 0 Å². The quantitative estimate of drug-likeness (QED) is 0.195. The molecule has 0 bridgehead atoms. The first-order valence-corrected chi connectivity index (χ1v) is 16.9. The van der Waals surface area contributed by atoms with Gasteiger partial charge in [-0.2, -0.15) is 0 Å². The number of anilines is 3. The summed E-state index contributed by atoms with van der Waals surface area (Å²) in [4.78, 5) is 7.05. The first kappa shape index (κ1) is 25.8. The van der Waals surface area contributed by atoms with E-state index in [4.69, 9.17) is 4.42 Å². The number of rotatable bonds is 4. The summed E-state index contributed by atoms with van der Waals surface area (Å²) in [6.07, 6.45) is 1.82. The molecule has 0 unspecified atom stereocenters. The van der Waals surface area contributed by atoms with E-state index >= 15 is 0 Å². The maximum absolute atomic E-state index is 6.34. The molecule has 0 saturated heterocycles. The van der Waals surface area contributed by atoms with E-state index in [0.29, 0.717) is 0 Å². The van der Waals surface area contributed by atoms with Crippen molar-refractivity contribution < 1.29 is 4.42 Å². The molecule has 4 heterocycles. The number of fused-ring (bicyclic) bond motifs is 9. The molecule has 0 aliphatic heterocycles. The Morgan fingerprint density at radius 3 is 1.76 bits per heavy atom. The van der Waals surface area contributed by atoms with Crippen molar-refractivity contribution in [1.82, 2.24) is 4.98 Å². The van der Waals surface area contributed by atoms with Crippen LogP contribution in [0.25, 0.3) is 73.5 Å². The van der Waals surface area contributed by atoms with E-state index in [1.165, 1.54) is 51.7 Å². The average Bonchev–Trinajstić information content (AvgIpc) is 3.80. The zero-order chi connectivity index (χ0) is 30.2. The number of pyridine rings is 1. The van der Waals surface area contributed by atoms with Gasteiger partial charge >= 0.3 is 0 Å². The van der Waals surface area contributed by atoms with E-state index in [1.54, 1.807) is 0 Å². The molecule has 0 fully saturated rings. The van der Waals surface area contributed by atoms with Crippen LogP contribution in [-0.4, -0.2) is 4.98 Å². The molecule has 10 rings (SSSR count). The first-order valence-electron chi connectivity index (χ1n) is 15.3. The monoisotopic (exact) mass is 624 g/mol. The lowest BCUT2D eigenvalue weighted by atomic mass is 10.0. The molecule has 0 radical (unpaired) electrons. The van der Waals surface area contributed by atoms with Crippen molar-refractivity contribution in [2.24, 2.45) is 0 Å². The van der Waals surface area contributed by atoms with Crippen molar-refractivity contribution in [1.29, 1.82) is 0 Å². The fourth-order valence-corrected chi connectivity index (χ4v) is 9.18. The number of hydrogen-bond donors (Lipinski definition) is 0. The Bertz CT molecular complexity index is 2660. The van der Waals surface area contributed by atoms with E-state index in [2.05, 4.69) is 137 Å². The van der Waals surface area contributed by atoms with Gasteiger partial charge in [0, 0.05) is 63.2 Å². The largest absolute Gasteiger partial charge is 0.454 e. The van der Waals surface area contributed by atoms with Crippen LogP contribution >= 0.6 is 22.7 Å². The molecule has 3 nitrogen and oxygen atoms in total. The standard InChI is InChI=1S/C41H24N2OS2/c1-3-16-34-28(9-1)38-31(13-6-18-36(38)45-34)43(32-14-7-19-37-39(32)29-10-2-4-17-35(29)46-37)26-22-20-25(21-23-26)27-11-5-12-30-40-33(44-41(27)30)15-8-24-42-40/h1-24H. The highest BCUT2D eigenvalue weighted by atomic mass is 32.1. The van der Waals surface area contributed by atoms with Crippen molar-refractivity contribution in [3.8, 4) is 11.1 Å². The van der Waals surface area contributed by atoms with E-state index in [9.17, 15) is 0 Å². The Morgan fingerprint density at radius 1 is 0.500 bits per heavy atom. The minimum absolute atomic E-state index is 0.805. The van der Waals surface area contributed by atoms with Gasteiger partial charge in [0.05, 0.1) is 11.4 Å². The van der Waals surface area contributed by atoms with Gasteiger partial charge in [-0.05, 0) is 72.3 Å². The van der Waals surface area contributed by atoms with Gasteiger partial charge < -0.3 is 9.32 Å². The van der Waals surface area contributed by atoms with Crippen LogP contribution in [0, 0.1) is 0 Å². The number of aromatic nitrogens is 1. The van der Waals surface area contributed by atoms with Crippen molar-refractivity contribution in [2.75, 3.05) is 4.90 Å². The summed E-state index contributed by atoms with van der Waals surface area (Å²) in [5.74, 6) is 0. The van der Waals surface area contributed by atoms with E-state index < -0.39 is 0 Å². The zero-order valence-corrected chi connectivity index (χ0v) is 26.1. The highest BCUT2D eigenvalue weighted by Gasteiger charge is 2.22. The molecule has 46 heavy (non-hydrogen) atoms. The summed E-state index contributed by atoms with van der Waals surface area (Å²) >= 11 is 3.71. The maximum atomic E-state index is 6.34. The topological polar surface area (TPSA) is 29.3 Å². The summed E-state index contributed by atoms with van der Waals surface area (Å²) < 4.78 is 11.5. The van der Waals surface area contributed by atoms with Crippen LogP contribution in [0.1, 0.15) is 0 Å². The van der Waals surface area contributed by atoms with Crippen LogP contribution in [0.15, 0.2) is 150 Å². The van der Waals surface area contributed by atoms with Gasteiger partial charge in [-0.15, -0.1) is 22.7 Å². The molecule has 0 aliphatic rings. The van der Waals surface area contributed by atoms with Gasteiger partial charge in [0.2, 0.25) is 0 Å². The SMILES string of the molecule is c1cnc2c(c1)oc1c(-c3ccc(N(c4cccc5sc6ccccc6c45)c4cccc5sc6ccccc6c45)cc3)cccc12. The predicted molar refractivity (Wildman–Crippen MR) is 197 cm³/mol. The minimum atomic E-state index is 0.805. The molecule has 0 spiro atoms. The summed E-state index contributed by atoms with van der Waals surface area (Å²) in [7, 11) is 0. The van der Waals surface area contributed by atoms with Crippen molar-refractivity contribution in [3.63, 3.8) is 0 Å². The van der Waals surface area contributed by atoms with Gasteiger partial charge in [0.1, 0.15) is 11.1 Å². The Morgan fingerprint density at radius 2 is 1.09 bits per heavy atom. The van der Waals surface area contributed by atoms with E-state index in [-0.39, 0.29) is 0 Å². The summed E-state index contributed by atoms with van der Waals surface area (Å²) in [5, 5.41) is 6.16. The van der Waals surface area contributed by atoms with Gasteiger partial charge in [0.15, 0.2) is 5.58 Å². The van der Waals surface area contributed by atoms with Gasteiger partial charge in [0.25, 0.3) is 0 Å². The van der Waals surface area contributed by atoms with Gasteiger partial charge in [-0.3, -0.25) is 4.98 Å². The molecule has 4 aromatic heterocycles. The molecule has 6 aromatic carbocycles. The third-order valence-corrected chi connectivity index (χ3v) is 11.2. The fourth-order valence-electron chi connectivity index (χ4n) is 6.93. The third kappa shape index (κ3) is 3.79. The normalized spacial score (nSPS) is 11.9. The van der Waals surface area contributed by atoms with Crippen LogP contribution in [0.5, 0.6) is 0 Å². The highest BCUT2D eigenvalue weighted by molar-refractivity contribution is 7.26. The molecule has 0 atom stereocenters. The summed E-state index contributed by atoms with van der Waals surface area (Å²) in [6, 6.07) is 50.1. The van der Waals surface area contributed by atoms with Gasteiger partial charge in [-0.25, -0.2) is 0 Å². The number of hydrogen-bond acceptors (Lipinski definition) is 5. The van der Waals surface area contributed by atoms with Crippen molar-refractivity contribution >= 4 is 102 Å². The fraction of sp³-hybridized carbons (Fsp3) is 0. The van der Waals surface area contributed by atoms with Gasteiger partial charge in [-0.1, -0.05) is 72.8 Å². The second-order valence-electron chi connectivity index (χ2n) is 11.5. The molecular formula is C41H24N2OS2. The molecule has 0 aliphatic carbocycles. The van der Waals surface area contributed by atoms with Crippen molar-refractivity contribution in [2.45, 2.75) is 0 Å². The molecular weight excluding hydrogens is 601 g/mol. The average molecular weight is 625 g/mol. The molecule has 0 amide bonds. The minimum Gasteiger partial charge on any atom is -0.454 e. The molecule has 5 heteroatoms. The maximum Gasteiger partial charge on any atom is 0.153 e. The summed E-state index contributed by atoms with van der Waals surface area (Å²) in [6.45, 7) is 0. The van der Waals surface area contributed by atoms with Crippen LogP contribution in [0.3, 0.4) is 0 Å². The number of thiophene rings is 2. The number of nitrogens with zero attached hydrogens (tertiary/aromatic N) is 2. The Hall–Kier alpha value is -5.49. The lowest BCUT2D eigenvalue weighted by molar-refractivity contribution is 0.669. The van der Waals surface area contributed by atoms with E-state index in [1.807, 2.05) is 41.0 Å². The first-order chi connectivity index (χ1) is 22.8. The zero-order valence-electron chi connectivity index (χ0n) is 24.5. The molecule has 0 saturated carbocycles. The second-order valence-corrected chi connectivity index (χ2v) is 13.7. The Balaban J connectivity index is 1.22. The third-order valence-electron chi connectivity index (χ3n) is 8.93. The smallest absolute Gasteiger partial charge is 0.153 e. The number of benzene rings is 6. The van der Waals surface area contributed by atoms with Crippen LogP contribution < -0.4 is 4.90 Å². The van der Waals surface area contributed by atoms with Crippen molar-refractivity contribution in [3.05, 3.63) is 146 Å². The molecule has 216 valence electrons. The molecule has 10 aromatic rings. The second kappa shape index (κ2) is 10.0. The predicted octanol–water partition coefficient (Wildman–Crippen LogP) is 12.9. The lowest BCUT2D eigenvalue weighted by Gasteiger charge is -2.27. The number of para-hydroxylation sites is 1. The van der Waals surface area contributed by atoms with Crippen LogP contribution in [-0.2, 0) is 0 Å². The highest BCUT2D eigenvalue weighted by Crippen LogP contribution is 2.49. The van der Waals surface area contributed by atoms with E-state index in [0.717, 1.165) is 38.9 Å². The Kier molecular flexibility index (Phi) is 5.61. The Labute approximate surface area is 272 Å². The lowest BCUT2D eigenvalue weighted by Crippen LogP contribution is -2.10.